The van der Waals surface area contributed by atoms with Crippen molar-refractivity contribution >= 4 is 22.9 Å². The van der Waals surface area contributed by atoms with Gasteiger partial charge in [-0.2, -0.15) is 5.10 Å². The monoisotopic (exact) mass is 358 g/mol. The summed E-state index contributed by atoms with van der Waals surface area (Å²) < 4.78 is 0. The van der Waals surface area contributed by atoms with Crippen LogP contribution in [0, 0.1) is 20.2 Å². The van der Waals surface area contributed by atoms with E-state index in [-0.39, 0.29) is 17.4 Å². The van der Waals surface area contributed by atoms with Gasteiger partial charge in [-0.3, -0.25) is 20.2 Å². The van der Waals surface area contributed by atoms with Crippen molar-refractivity contribution < 1.29 is 9.85 Å². The zero-order valence-corrected chi connectivity index (χ0v) is 14.2. The standard InChI is InChI=1S/C16H18N6O4/c1-19(14-7-6-12(21(23)24)10-15(14)22(25)26)11-13-4-3-9-20(13)16-5-2-8-17-18-16/h2,5-8,10,13H,3-4,9,11H2,1H3. The first-order chi connectivity index (χ1) is 12.5. The molecular formula is C16H18N6O4. The Bertz CT molecular complexity index is 816. The lowest BCUT2D eigenvalue weighted by Crippen LogP contribution is -2.39. The van der Waals surface area contributed by atoms with Crippen molar-refractivity contribution in [1.82, 2.24) is 10.2 Å². The second-order valence-electron chi connectivity index (χ2n) is 6.14. The fourth-order valence-electron chi connectivity index (χ4n) is 3.28. The number of nitro benzene ring substituents is 2. The fourth-order valence-corrected chi connectivity index (χ4v) is 3.28. The minimum atomic E-state index is -0.635. The largest absolute Gasteiger partial charge is 0.367 e. The third-order valence-corrected chi connectivity index (χ3v) is 4.49. The third-order valence-electron chi connectivity index (χ3n) is 4.49. The highest BCUT2D eigenvalue weighted by molar-refractivity contribution is 5.66. The van der Waals surface area contributed by atoms with E-state index >= 15 is 0 Å². The Balaban J connectivity index is 1.82. The Morgan fingerprint density at radius 2 is 2.08 bits per heavy atom. The molecule has 3 rings (SSSR count). The average molecular weight is 358 g/mol. The molecule has 0 bridgehead atoms. The first kappa shape index (κ1) is 17.5. The summed E-state index contributed by atoms with van der Waals surface area (Å²) in [4.78, 5) is 24.9. The molecule has 136 valence electrons. The summed E-state index contributed by atoms with van der Waals surface area (Å²) in [7, 11) is 1.75. The van der Waals surface area contributed by atoms with Gasteiger partial charge in [-0.15, -0.1) is 5.10 Å². The predicted octanol–water partition coefficient (Wildman–Crippen LogP) is 2.40. The van der Waals surface area contributed by atoms with Gasteiger partial charge in [0.25, 0.3) is 11.4 Å². The van der Waals surface area contributed by atoms with Crippen LogP contribution >= 0.6 is 0 Å². The van der Waals surface area contributed by atoms with Crippen molar-refractivity contribution in [3.05, 3.63) is 56.8 Å². The minimum absolute atomic E-state index is 0.131. The summed E-state index contributed by atoms with van der Waals surface area (Å²) in [5.74, 6) is 0.779. The number of rotatable bonds is 6. The van der Waals surface area contributed by atoms with Crippen molar-refractivity contribution in [3.63, 3.8) is 0 Å². The Kier molecular flexibility index (Phi) is 4.92. The molecular weight excluding hydrogens is 340 g/mol. The van der Waals surface area contributed by atoms with E-state index in [0.717, 1.165) is 31.3 Å². The number of benzene rings is 1. The zero-order valence-electron chi connectivity index (χ0n) is 14.2. The van der Waals surface area contributed by atoms with Crippen LogP contribution in [0.3, 0.4) is 0 Å². The quantitative estimate of drug-likeness (QED) is 0.570. The Morgan fingerprint density at radius 1 is 1.27 bits per heavy atom. The van der Waals surface area contributed by atoms with Gasteiger partial charge in [-0.05, 0) is 31.0 Å². The van der Waals surface area contributed by atoms with Gasteiger partial charge in [0.1, 0.15) is 5.69 Å². The van der Waals surface area contributed by atoms with Gasteiger partial charge in [0.2, 0.25) is 0 Å². The van der Waals surface area contributed by atoms with E-state index in [1.54, 1.807) is 18.1 Å². The Morgan fingerprint density at radius 3 is 2.73 bits per heavy atom. The van der Waals surface area contributed by atoms with Crippen LogP contribution in [0.15, 0.2) is 36.5 Å². The van der Waals surface area contributed by atoms with Crippen molar-refractivity contribution in [1.29, 1.82) is 0 Å². The van der Waals surface area contributed by atoms with Gasteiger partial charge < -0.3 is 9.80 Å². The summed E-state index contributed by atoms with van der Waals surface area (Å²) in [6, 6.07) is 7.56. The first-order valence-electron chi connectivity index (χ1n) is 8.15. The summed E-state index contributed by atoms with van der Waals surface area (Å²) in [5, 5.41) is 30.3. The molecule has 1 saturated heterocycles. The van der Waals surface area contributed by atoms with Crippen LogP contribution in [0.1, 0.15) is 12.8 Å². The van der Waals surface area contributed by atoms with Crippen LogP contribution in [0.25, 0.3) is 0 Å². The van der Waals surface area contributed by atoms with Crippen molar-refractivity contribution in [2.75, 3.05) is 29.9 Å². The molecule has 1 atom stereocenters. The third kappa shape index (κ3) is 3.53. The van der Waals surface area contributed by atoms with Crippen LogP contribution in [-0.4, -0.2) is 46.2 Å². The topological polar surface area (TPSA) is 119 Å². The zero-order chi connectivity index (χ0) is 18.7. The second kappa shape index (κ2) is 7.30. The molecule has 10 heteroatoms. The van der Waals surface area contributed by atoms with Crippen LogP contribution in [0.2, 0.25) is 0 Å². The lowest BCUT2D eigenvalue weighted by Gasteiger charge is -2.30. The molecule has 0 saturated carbocycles. The molecule has 0 aliphatic carbocycles. The van der Waals surface area contributed by atoms with Gasteiger partial charge in [0.15, 0.2) is 5.82 Å². The molecule has 1 unspecified atom stereocenters. The van der Waals surface area contributed by atoms with Gasteiger partial charge in [-0.25, -0.2) is 0 Å². The van der Waals surface area contributed by atoms with Crippen molar-refractivity contribution in [2.45, 2.75) is 18.9 Å². The van der Waals surface area contributed by atoms with E-state index in [2.05, 4.69) is 15.1 Å². The van der Waals surface area contributed by atoms with Gasteiger partial charge in [-0.1, -0.05) is 0 Å². The molecule has 10 nitrogen and oxygen atoms in total. The normalized spacial score (nSPS) is 16.5. The molecule has 1 aromatic carbocycles. The van der Waals surface area contributed by atoms with E-state index < -0.39 is 9.85 Å². The average Bonchev–Trinajstić information content (AvgIpc) is 3.09. The first-order valence-corrected chi connectivity index (χ1v) is 8.15. The number of non-ortho nitro benzene ring substituents is 1. The van der Waals surface area contributed by atoms with Gasteiger partial charge >= 0.3 is 0 Å². The molecule has 2 aromatic rings. The molecule has 0 amide bonds. The van der Waals surface area contributed by atoms with E-state index in [0.29, 0.717) is 12.2 Å². The molecule has 1 aliphatic rings. The van der Waals surface area contributed by atoms with Crippen LogP contribution < -0.4 is 9.80 Å². The maximum Gasteiger partial charge on any atom is 0.299 e. The Labute approximate surface area is 149 Å². The summed E-state index contributed by atoms with van der Waals surface area (Å²) >= 11 is 0. The number of nitrogens with zero attached hydrogens (tertiary/aromatic N) is 6. The molecule has 1 aliphatic heterocycles. The minimum Gasteiger partial charge on any atom is -0.367 e. The number of nitro groups is 2. The molecule has 1 fully saturated rings. The van der Waals surface area contributed by atoms with E-state index in [9.17, 15) is 20.2 Å². The van der Waals surface area contributed by atoms with Crippen LogP contribution in [-0.2, 0) is 0 Å². The number of hydrogen-bond donors (Lipinski definition) is 0. The number of hydrogen-bond acceptors (Lipinski definition) is 8. The highest BCUT2D eigenvalue weighted by Crippen LogP contribution is 2.33. The van der Waals surface area contributed by atoms with Crippen molar-refractivity contribution in [2.24, 2.45) is 0 Å². The smallest absolute Gasteiger partial charge is 0.299 e. The summed E-state index contributed by atoms with van der Waals surface area (Å²) in [6.45, 7) is 1.38. The lowest BCUT2D eigenvalue weighted by atomic mass is 10.1. The SMILES string of the molecule is CN(CC1CCCN1c1cccnn1)c1ccc([N+](=O)[O-])cc1[N+](=O)[O-]. The summed E-state index contributed by atoms with van der Waals surface area (Å²) in [6.07, 6.45) is 3.54. The molecule has 0 radical (unpaired) electrons. The molecule has 0 spiro atoms. The van der Waals surface area contributed by atoms with Crippen molar-refractivity contribution in [3.8, 4) is 0 Å². The molecule has 0 N–H and O–H groups in total. The van der Waals surface area contributed by atoms with Crippen LogP contribution in [0.4, 0.5) is 22.9 Å². The van der Waals surface area contributed by atoms with E-state index in [4.69, 9.17) is 0 Å². The second-order valence-corrected chi connectivity index (χ2v) is 6.14. The highest BCUT2D eigenvalue weighted by Gasteiger charge is 2.29. The number of anilines is 2. The lowest BCUT2D eigenvalue weighted by molar-refractivity contribution is -0.393. The molecule has 2 heterocycles. The maximum absolute atomic E-state index is 11.4. The summed E-state index contributed by atoms with van der Waals surface area (Å²) in [5.41, 5.74) is -0.215. The number of likely N-dealkylation sites (N-methyl/N-ethyl adjacent to an activating group) is 1. The number of aromatic nitrogens is 2. The fraction of sp³-hybridized carbons (Fsp3) is 0.375. The van der Waals surface area contributed by atoms with Gasteiger partial charge in [0.05, 0.1) is 15.9 Å². The van der Waals surface area contributed by atoms with E-state index in [1.807, 2.05) is 12.1 Å². The molecule has 1 aromatic heterocycles. The predicted molar refractivity (Wildman–Crippen MR) is 95.4 cm³/mol. The van der Waals surface area contributed by atoms with Crippen LogP contribution in [0.5, 0.6) is 0 Å². The highest BCUT2D eigenvalue weighted by atomic mass is 16.6. The Hall–Kier alpha value is -3.30. The van der Waals surface area contributed by atoms with Gasteiger partial charge in [0, 0.05) is 38.4 Å². The van der Waals surface area contributed by atoms with E-state index in [1.165, 1.54) is 12.1 Å². The maximum atomic E-state index is 11.4. The molecule has 26 heavy (non-hydrogen) atoms.